The lowest BCUT2D eigenvalue weighted by atomic mass is 9.71. The number of hydrogen-bond donors (Lipinski definition) is 2. The number of amides is 1. The molecule has 1 aliphatic rings. The monoisotopic (exact) mass is 364 g/mol. The molecule has 1 aromatic heterocycles. The molecule has 1 heterocycles. The lowest BCUT2D eigenvalue weighted by Gasteiger charge is -2.43. The number of aromatic nitrogens is 3. The topological polar surface area (TPSA) is 70.7 Å². The number of carbonyl (C=O) groups excluding carboxylic acids is 1. The fraction of sp³-hybridized carbons (Fsp3) is 0.250. The van der Waals surface area contributed by atoms with Gasteiger partial charge in [-0.15, -0.1) is 0 Å². The molecule has 1 fully saturated rings. The summed E-state index contributed by atoms with van der Waals surface area (Å²) in [5, 5.41) is 10.7. The Labute approximate surface area is 156 Å². The van der Waals surface area contributed by atoms with E-state index in [-0.39, 0.29) is 11.4 Å². The molecule has 0 aliphatic heterocycles. The molecule has 1 saturated carbocycles. The summed E-state index contributed by atoms with van der Waals surface area (Å²) in [4.78, 5) is 16.8. The van der Waals surface area contributed by atoms with Crippen LogP contribution in [-0.2, 0) is 11.3 Å². The van der Waals surface area contributed by atoms with Crippen LogP contribution in [0, 0.1) is 0 Å². The molecule has 3 aromatic rings. The Morgan fingerprint density at radius 1 is 1.12 bits per heavy atom. The number of aromatic amines is 1. The van der Waals surface area contributed by atoms with Gasteiger partial charge in [0.2, 0.25) is 0 Å². The second-order valence-corrected chi connectivity index (χ2v) is 7.50. The van der Waals surface area contributed by atoms with Gasteiger partial charge in [-0.05, 0) is 42.5 Å². The molecule has 1 amide bonds. The first-order valence-corrected chi connectivity index (χ1v) is 9.69. The average molecular weight is 364 g/mol. The number of hydrogen-bond acceptors (Lipinski definition) is 4. The van der Waals surface area contributed by atoms with E-state index in [2.05, 4.69) is 32.6 Å². The fourth-order valence-electron chi connectivity index (χ4n) is 3.23. The summed E-state index contributed by atoms with van der Waals surface area (Å²) in [7, 11) is 0. The molecule has 132 valence electrons. The first kappa shape index (κ1) is 16.8. The zero-order valence-electron chi connectivity index (χ0n) is 14.3. The molecular formula is C20H20N4OS. The van der Waals surface area contributed by atoms with Crippen molar-refractivity contribution in [2.45, 2.75) is 35.7 Å². The highest BCUT2D eigenvalue weighted by atomic mass is 32.2. The van der Waals surface area contributed by atoms with Crippen molar-refractivity contribution in [2.24, 2.45) is 0 Å². The lowest BCUT2D eigenvalue weighted by Crippen LogP contribution is -2.50. The first-order valence-electron chi connectivity index (χ1n) is 8.70. The molecule has 2 N–H and O–H groups in total. The van der Waals surface area contributed by atoms with Gasteiger partial charge in [0.25, 0.3) is 5.91 Å². The van der Waals surface area contributed by atoms with Gasteiger partial charge in [0.05, 0.1) is 5.54 Å². The van der Waals surface area contributed by atoms with Gasteiger partial charge < -0.3 is 5.32 Å². The molecule has 0 atom stereocenters. The minimum Gasteiger partial charge on any atom is -0.343 e. The number of H-pyrrole nitrogens is 1. The van der Waals surface area contributed by atoms with Crippen LogP contribution in [0.25, 0.3) is 0 Å². The third-order valence-corrected chi connectivity index (χ3v) is 5.82. The number of thioether (sulfide) groups is 1. The molecule has 5 nitrogen and oxygen atoms in total. The first-order chi connectivity index (χ1) is 12.8. The largest absolute Gasteiger partial charge is 0.343 e. The van der Waals surface area contributed by atoms with Crippen molar-refractivity contribution in [1.29, 1.82) is 0 Å². The van der Waals surface area contributed by atoms with Crippen molar-refractivity contribution < 1.29 is 4.79 Å². The van der Waals surface area contributed by atoms with Crippen LogP contribution in [0.3, 0.4) is 0 Å². The van der Waals surface area contributed by atoms with Gasteiger partial charge in [-0.3, -0.25) is 9.89 Å². The van der Waals surface area contributed by atoms with E-state index in [4.69, 9.17) is 0 Å². The Balaban J connectivity index is 1.41. The van der Waals surface area contributed by atoms with E-state index >= 15 is 0 Å². The molecule has 0 bridgehead atoms. The quantitative estimate of drug-likeness (QED) is 0.651. The highest BCUT2D eigenvalue weighted by Crippen LogP contribution is 2.41. The number of rotatable bonds is 6. The van der Waals surface area contributed by atoms with Gasteiger partial charge in [-0.2, -0.15) is 5.10 Å². The average Bonchev–Trinajstić information content (AvgIpc) is 3.17. The van der Waals surface area contributed by atoms with Crippen LogP contribution in [0.4, 0.5) is 0 Å². The SMILES string of the molecule is O=C(NC1(c2ccccc2)CCC1)c1ccc(CSc2ncn[nH]2)cc1. The van der Waals surface area contributed by atoms with Gasteiger partial charge in [0.15, 0.2) is 5.16 Å². The molecule has 6 heteroatoms. The Bertz CT molecular complexity index is 859. The highest BCUT2D eigenvalue weighted by molar-refractivity contribution is 7.98. The summed E-state index contributed by atoms with van der Waals surface area (Å²) in [5.74, 6) is 0.772. The number of nitrogens with one attached hydrogen (secondary N) is 2. The van der Waals surface area contributed by atoms with Gasteiger partial charge >= 0.3 is 0 Å². The van der Waals surface area contributed by atoms with Crippen LogP contribution in [0.1, 0.15) is 40.7 Å². The standard InChI is InChI=1S/C20H20N4OS/c25-18(23-20(11-4-12-20)17-5-2-1-3-6-17)16-9-7-15(8-10-16)13-26-19-21-14-22-24-19/h1-3,5-10,14H,4,11-13H2,(H,23,25)(H,21,22,24). The van der Waals surface area contributed by atoms with Crippen LogP contribution in [0.5, 0.6) is 0 Å². The Morgan fingerprint density at radius 3 is 2.50 bits per heavy atom. The third kappa shape index (κ3) is 3.51. The van der Waals surface area contributed by atoms with Crippen LogP contribution in [0.15, 0.2) is 66.1 Å². The minimum absolute atomic E-state index is 0.0111. The number of carbonyl (C=O) groups is 1. The number of benzene rings is 2. The summed E-state index contributed by atoms with van der Waals surface area (Å²) < 4.78 is 0. The van der Waals surface area contributed by atoms with Gasteiger partial charge in [0.1, 0.15) is 6.33 Å². The predicted octanol–water partition coefficient (Wildman–Crippen LogP) is 3.91. The molecule has 0 spiro atoms. The summed E-state index contributed by atoms with van der Waals surface area (Å²) in [6.45, 7) is 0. The van der Waals surface area contributed by atoms with E-state index in [1.54, 1.807) is 11.8 Å². The van der Waals surface area contributed by atoms with Crippen LogP contribution < -0.4 is 5.32 Å². The molecule has 4 rings (SSSR count). The molecule has 0 saturated heterocycles. The molecule has 0 radical (unpaired) electrons. The molecule has 2 aromatic carbocycles. The minimum atomic E-state index is -0.209. The van der Waals surface area contributed by atoms with Crippen molar-refractivity contribution >= 4 is 17.7 Å². The summed E-state index contributed by atoms with van der Waals surface area (Å²) in [6, 6.07) is 18.0. The Hall–Kier alpha value is -2.60. The normalized spacial score (nSPS) is 15.2. The van der Waals surface area contributed by atoms with Crippen molar-refractivity contribution in [1.82, 2.24) is 20.5 Å². The Morgan fingerprint density at radius 2 is 1.88 bits per heavy atom. The van der Waals surface area contributed by atoms with E-state index in [0.29, 0.717) is 5.56 Å². The zero-order chi connectivity index (χ0) is 17.8. The van der Waals surface area contributed by atoms with Crippen molar-refractivity contribution in [3.05, 3.63) is 77.6 Å². The zero-order valence-corrected chi connectivity index (χ0v) is 15.1. The summed E-state index contributed by atoms with van der Waals surface area (Å²) in [5.41, 5.74) is 2.82. The van der Waals surface area contributed by atoms with Crippen LogP contribution >= 0.6 is 11.8 Å². The molecule has 1 aliphatic carbocycles. The second kappa shape index (κ2) is 7.33. The van der Waals surface area contributed by atoms with Gasteiger partial charge in [-0.25, -0.2) is 4.98 Å². The lowest BCUT2D eigenvalue weighted by molar-refractivity contribution is 0.0823. The smallest absolute Gasteiger partial charge is 0.251 e. The van der Waals surface area contributed by atoms with Crippen LogP contribution in [-0.4, -0.2) is 21.1 Å². The summed E-state index contributed by atoms with van der Waals surface area (Å²) in [6.07, 6.45) is 4.63. The van der Waals surface area contributed by atoms with E-state index < -0.39 is 0 Å². The van der Waals surface area contributed by atoms with Crippen LogP contribution in [0.2, 0.25) is 0 Å². The maximum atomic E-state index is 12.7. The van der Waals surface area contributed by atoms with Gasteiger partial charge in [-0.1, -0.05) is 54.2 Å². The molecule has 0 unspecified atom stereocenters. The molecule has 26 heavy (non-hydrogen) atoms. The predicted molar refractivity (Wildman–Crippen MR) is 102 cm³/mol. The second-order valence-electron chi connectivity index (χ2n) is 6.53. The van der Waals surface area contributed by atoms with Crippen molar-refractivity contribution in [3.63, 3.8) is 0 Å². The van der Waals surface area contributed by atoms with E-state index in [0.717, 1.165) is 35.7 Å². The Kier molecular flexibility index (Phi) is 4.75. The van der Waals surface area contributed by atoms with Crippen molar-refractivity contribution in [3.8, 4) is 0 Å². The maximum absolute atomic E-state index is 12.7. The van der Waals surface area contributed by atoms with E-state index in [1.807, 2.05) is 42.5 Å². The van der Waals surface area contributed by atoms with Gasteiger partial charge in [0, 0.05) is 11.3 Å². The van der Waals surface area contributed by atoms with E-state index in [9.17, 15) is 4.79 Å². The third-order valence-electron chi connectivity index (χ3n) is 4.87. The van der Waals surface area contributed by atoms with E-state index in [1.165, 1.54) is 11.9 Å². The highest BCUT2D eigenvalue weighted by Gasteiger charge is 2.39. The number of nitrogens with zero attached hydrogens (tertiary/aromatic N) is 2. The maximum Gasteiger partial charge on any atom is 0.251 e. The fourth-order valence-corrected chi connectivity index (χ4v) is 3.97. The summed E-state index contributed by atoms with van der Waals surface area (Å²) >= 11 is 1.58. The van der Waals surface area contributed by atoms with Crippen molar-refractivity contribution in [2.75, 3.05) is 0 Å². The molecular weight excluding hydrogens is 344 g/mol.